The van der Waals surface area contributed by atoms with Gasteiger partial charge in [-0.2, -0.15) is 11.8 Å². The molecular formula is C15H16FNOS. The molecule has 0 aromatic heterocycles. The van der Waals surface area contributed by atoms with Crippen molar-refractivity contribution in [3.05, 3.63) is 59.9 Å². The highest BCUT2D eigenvalue weighted by molar-refractivity contribution is 7.98. The van der Waals surface area contributed by atoms with Crippen molar-refractivity contribution in [1.29, 1.82) is 0 Å². The fourth-order valence-corrected chi connectivity index (χ4v) is 2.37. The van der Waals surface area contributed by atoms with Crippen LogP contribution in [-0.4, -0.2) is 12.4 Å². The van der Waals surface area contributed by atoms with Crippen molar-refractivity contribution in [3.8, 4) is 5.75 Å². The third-order valence-electron chi connectivity index (χ3n) is 2.54. The highest BCUT2D eigenvalue weighted by Crippen LogP contribution is 2.16. The van der Waals surface area contributed by atoms with Gasteiger partial charge in [0.1, 0.15) is 11.6 Å². The topological polar surface area (TPSA) is 35.2 Å². The van der Waals surface area contributed by atoms with Crippen molar-refractivity contribution in [1.82, 2.24) is 0 Å². The SMILES string of the molecule is Nc1cccc(OCCSCc2ccc(F)cc2)c1. The molecule has 2 aromatic carbocycles. The molecule has 4 heteroatoms. The van der Waals surface area contributed by atoms with Crippen LogP contribution in [-0.2, 0) is 5.75 Å². The molecule has 0 saturated carbocycles. The molecule has 0 aliphatic heterocycles. The summed E-state index contributed by atoms with van der Waals surface area (Å²) in [5, 5.41) is 0. The van der Waals surface area contributed by atoms with Crippen LogP contribution in [0.3, 0.4) is 0 Å². The summed E-state index contributed by atoms with van der Waals surface area (Å²) in [5.74, 6) is 2.34. The molecule has 2 nitrogen and oxygen atoms in total. The number of nitrogen functional groups attached to an aromatic ring is 1. The standard InChI is InChI=1S/C15H16FNOS/c16-13-6-4-12(5-7-13)11-19-9-8-18-15-3-1-2-14(17)10-15/h1-7,10H,8-9,11,17H2. The number of ether oxygens (including phenoxy) is 1. The molecular weight excluding hydrogens is 261 g/mol. The number of nitrogens with two attached hydrogens (primary N) is 1. The molecule has 0 atom stereocenters. The average molecular weight is 277 g/mol. The van der Waals surface area contributed by atoms with E-state index in [-0.39, 0.29) is 5.82 Å². The lowest BCUT2D eigenvalue weighted by Crippen LogP contribution is -2.00. The van der Waals surface area contributed by atoms with Crippen LogP contribution in [0.2, 0.25) is 0 Å². The van der Waals surface area contributed by atoms with Crippen molar-refractivity contribution in [3.63, 3.8) is 0 Å². The Morgan fingerprint density at radius 3 is 2.63 bits per heavy atom. The van der Waals surface area contributed by atoms with Gasteiger partial charge in [-0.05, 0) is 29.8 Å². The maximum atomic E-state index is 12.7. The number of hydrogen-bond acceptors (Lipinski definition) is 3. The quantitative estimate of drug-likeness (QED) is 0.645. The van der Waals surface area contributed by atoms with E-state index in [2.05, 4.69) is 0 Å². The Hall–Kier alpha value is -1.68. The molecule has 0 heterocycles. The van der Waals surface area contributed by atoms with Gasteiger partial charge in [0, 0.05) is 23.3 Å². The fourth-order valence-electron chi connectivity index (χ4n) is 1.59. The summed E-state index contributed by atoms with van der Waals surface area (Å²) in [5.41, 5.74) is 7.49. The number of rotatable bonds is 6. The van der Waals surface area contributed by atoms with Gasteiger partial charge in [0.05, 0.1) is 6.61 Å². The van der Waals surface area contributed by atoms with Crippen LogP contribution in [0.4, 0.5) is 10.1 Å². The van der Waals surface area contributed by atoms with E-state index in [1.807, 2.05) is 24.3 Å². The van der Waals surface area contributed by atoms with Crippen LogP contribution in [0.1, 0.15) is 5.56 Å². The van der Waals surface area contributed by atoms with E-state index in [9.17, 15) is 4.39 Å². The Labute approximate surface area is 116 Å². The first kappa shape index (κ1) is 13.7. The first-order valence-electron chi connectivity index (χ1n) is 6.04. The second-order valence-electron chi connectivity index (χ2n) is 4.10. The van der Waals surface area contributed by atoms with Crippen LogP contribution >= 0.6 is 11.8 Å². The highest BCUT2D eigenvalue weighted by Gasteiger charge is 1.97. The van der Waals surface area contributed by atoms with E-state index < -0.39 is 0 Å². The Kier molecular flexibility index (Phi) is 5.10. The van der Waals surface area contributed by atoms with Gasteiger partial charge >= 0.3 is 0 Å². The summed E-state index contributed by atoms with van der Waals surface area (Å²) in [4.78, 5) is 0. The molecule has 0 amide bonds. The average Bonchev–Trinajstić information content (AvgIpc) is 2.41. The van der Waals surface area contributed by atoms with Gasteiger partial charge in [0.2, 0.25) is 0 Å². The first-order chi connectivity index (χ1) is 9.24. The number of thioether (sulfide) groups is 1. The van der Waals surface area contributed by atoms with Crippen LogP contribution < -0.4 is 10.5 Å². The number of anilines is 1. The molecule has 0 unspecified atom stereocenters. The molecule has 19 heavy (non-hydrogen) atoms. The highest BCUT2D eigenvalue weighted by atomic mass is 32.2. The van der Waals surface area contributed by atoms with Crippen LogP contribution in [0.25, 0.3) is 0 Å². The molecule has 0 radical (unpaired) electrons. The van der Waals surface area contributed by atoms with E-state index in [4.69, 9.17) is 10.5 Å². The molecule has 2 rings (SSSR count). The molecule has 0 bridgehead atoms. The second-order valence-corrected chi connectivity index (χ2v) is 5.21. The molecule has 0 aliphatic rings. The van der Waals surface area contributed by atoms with E-state index in [0.29, 0.717) is 12.3 Å². The zero-order chi connectivity index (χ0) is 13.5. The monoisotopic (exact) mass is 277 g/mol. The lowest BCUT2D eigenvalue weighted by Gasteiger charge is -2.06. The van der Waals surface area contributed by atoms with Gasteiger partial charge in [-0.15, -0.1) is 0 Å². The lowest BCUT2D eigenvalue weighted by atomic mass is 10.2. The number of halogens is 1. The predicted molar refractivity (Wildman–Crippen MR) is 78.9 cm³/mol. The maximum Gasteiger partial charge on any atom is 0.123 e. The third-order valence-corrected chi connectivity index (χ3v) is 3.53. The normalized spacial score (nSPS) is 10.4. The summed E-state index contributed by atoms with van der Waals surface area (Å²) in [7, 11) is 0. The zero-order valence-electron chi connectivity index (χ0n) is 10.5. The van der Waals surface area contributed by atoms with Crippen molar-refractivity contribution in [2.24, 2.45) is 0 Å². The predicted octanol–water partition coefficient (Wildman–Crippen LogP) is 3.72. The van der Waals surface area contributed by atoms with Crippen LogP contribution in [0, 0.1) is 5.82 Å². The molecule has 0 aliphatic carbocycles. The van der Waals surface area contributed by atoms with E-state index in [0.717, 1.165) is 22.8 Å². The minimum atomic E-state index is -0.196. The Morgan fingerprint density at radius 2 is 1.89 bits per heavy atom. The zero-order valence-corrected chi connectivity index (χ0v) is 11.3. The van der Waals surface area contributed by atoms with Crippen molar-refractivity contribution in [2.75, 3.05) is 18.1 Å². The summed E-state index contributed by atoms with van der Waals surface area (Å²) in [6.45, 7) is 0.634. The Balaban J connectivity index is 1.66. The van der Waals surface area contributed by atoms with Gasteiger partial charge < -0.3 is 10.5 Å². The Morgan fingerprint density at radius 1 is 1.11 bits per heavy atom. The lowest BCUT2D eigenvalue weighted by molar-refractivity contribution is 0.344. The molecule has 0 saturated heterocycles. The van der Waals surface area contributed by atoms with Gasteiger partial charge in [-0.3, -0.25) is 0 Å². The van der Waals surface area contributed by atoms with Crippen molar-refractivity contribution < 1.29 is 9.13 Å². The van der Waals surface area contributed by atoms with Crippen molar-refractivity contribution >= 4 is 17.4 Å². The van der Waals surface area contributed by atoms with Gasteiger partial charge in [0.25, 0.3) is 0 Å². The van der Waals surface area contributed by atoms with E-state index >= 15 is 0 Å². The first-order valence-corrected chi connectivity index (χ1v) is 7.20. The van der Waals surface area contributed by atoms with Crippen LogP contribution in [0.5, 0.6) is 5.75 Å². The van der Waals surface area contributed by atoms with Crippen molar-refractivity contribution in [2.45, 2.75) is 5.75 Å². The second kappa shape index (κ2) is 7.04. The minimum absolute atomic E-state index is 0.196. The fraction of sp³-hybridized carbons (Fsp3) is 0.200. The summed E-state index contributed by atoms with van der Waals surface area (Å²) < 4.78 is 18.3. The van der Waals surface area contributed by atoms with E-state index in [1.165, 1.54) is 12.1 Å². The molecule has 0 spiro atoms. The minimum Gasteiger partial charge on any atom is -0.493 e. The van der Waals surface area contributed by atoms with Gasteiger partial charge in [-0.1, -0.05) is 18.2 Å². The molecule has 2 aromatic rings. The van der Waals surface area contributed by atoms with Gasteiger partial charge in [0.15, 0.2) is 0 Å². The molecule has 2 N–H and O–H groups in total. The summed E-state index contributed by atoms with van der Waals surface area (Å²) in [6.07, 6.45) is 0. The molecule has 100 valence electrons. The smallest absolute Gasteiger partial charge is 0.123 e. The van der Waals surface area contributed by atoms with E-state index in [1.54, 1.807) is 23.9 Å². The maximum absolute atomic E-state index is 12.7. The summed E-state index contributed by atoms with van der Waals surface area (Å²) >= 11 is 1.76. The summed E-state index contributed by atoms with van der Waals surface area (Å²) in [6, 6.07) is 14.0. The Bertz CT molecular complexity index is 516. The third kappa shape index (κ3) is 4.83. The number of benzene rings is 2. The largest absolute Gasteiger partial charge is 0.493 e. The van der Waals surface area contributed by atoms with Gasteiger partial charge in [-0.25, -0.2) is 4.39 Å². The van der Waals surface area contributed by atoms with Crippen LogP contribution in [0.15, 0.2) is 48.5 Å². The number of hydrogen-bond donors (Lipinski definition) is 1. The molecule has 0 fully saturated rings.